The molecule has 7 heteroatoms. The maximum absolute atomic E-state index is 12.3. The number of anilines is 1. The Hall–Kier alpha value is -3.48. The molecule has 0 saturated heterocycles. The number of aromatic nitrogens is 3. The minimum absolute atomic E-state index is 0.0336. The molecule has 1 aromatic heterocycles. The molecule has 0 radical (unpaired) electrons. The molecule has 0 aliphatic carbocycles. The Morgan fingerprint density at radius 3 is 2.58 bits per heavy atom. The second-order valence-electron chi connectivity index (χ2n) is 5.04. The van der Waals surface area contributed by atoms with Crippen LogP contribution in [0, 0.1) is 0 Å². The molecular formula is C17H14N4O3. The molecule has 24 heavy (non-hydrogen) atoms. The summed E-state index contributed by atoms with van der Waals surface area (Å²) in [6.07, 6.45) is 2.90. The van der Waals surface area contributed by atoms with Crippen molar-refractivity contribution in [3.8, 4) is 5.69 Å². The zero-order valence-corrected chi connectivity index (χ0v) is 12.6. The molecule has 3 aromatic rings. The van der Waals surface area contributed by atoms with Gasteiger partial charge in [0.15, 0.2) is 0 Å². The van der Waals surface area contributed by atoms with Gasteiger partial charge in [-0.05, 0) is 23.8 Å². The standard InChI is InChI=1S/C17H14N4O3/c22-16(9-12-5-1-2-6-13(12)17(23)24)20-14-7-3-4-8-15(14)21-11-18-10-19-21/h1-8,10-11H,9H2,(H,20,22)(H,23,24). The monoisotopic (exact) mass is 322 g/mol. The van der Waals surface area contributed by atoms with Crippen LogP contribution in [0.5, 0.6) is 0 Å². The molecule has 1 amide bonds. The van der Waals surface area contributed by atoms with Crippen molar-refractivity contribution in [3.63, 3.8) is 0 Å². The van der Waals surface area contributed by atoms with Crippen LogP contribution in [0.2, 0.25) is 0 Å². The lowest BCUT2D eigenvalue weighted by molar-refractivity contribution is -0.115. The van der Waals surface area contributed by atoms with Gasteiger partial charge in [0.2, 0.25) is 5.91 Å². The van der Waals surface area contributed by atoms with Crippen molar-refractivity contribution in [1.82, 2.24) is 14.8 Å². The fraction of sp³-hybridized carbons (Fsp3) is 0.0588. The predicted octanol–water partition coefficient (Wildman–Crippen LogP) is 2.15. The van der Waals surface area contributed by atoms with Crippen molar-refractivity contribution in [3.05, 3.63) is 72.3 Å². The number of hydrogen-bond acceptors (Lipinski definition) is 4. The van der Waals surface area contributed by atoms with Gasteiger partial charge in [0.1, 0.15) is 12.7 Å². The van der Waals surface area contributed by atoms with Gasteiger partial charge in [0.05, 0.1) is 23.4 Å². The largest absolute Gasteiger partial charge is 0.478 e. The second kappa shape index (κ2) is 6.74. The van der Waals surface area contributed by atoms with Gasteiger partial charge in [-0.2, -0.15) is 5.10 Å². The summed E-state index contributed by atoms with van der Waals surface area (Å²) in [5.41, 5.74) is 1.83. The summed E-state index contributed by atoms with van der Waals surface area (Å²) in [6.45, 7) is 0. The number of carbonyl (C=O) groups excluding carboxylic acids is 1. The van der Waals surface area contributed by atoms with Gasteiger partial charge in [-0.1, -0.05) is 30.3 Å². The number of carboxylic acids is 1. The average molecular weight is 322 g/mol. The lowest BCUT2D eigenvalue weighted by Crippen LogP contribution is -2.17. The molecular weight excluding hydrogens is 308 g/mol. The van der Waals surface area contributed by atoms with Crippen LogP contribution in [0.4, 0.5) is 5.69 Å². The van der Waals surface area contributed by atoms with Gasteiger partial charge in [-0.3, -0.25) is 4.79 Å². The first-order valence-electron chi connectivity index (χ1n) is 7.20. The Labute approximate surface area is 137 Å². The van der Waals surface area contributed by atoms with E-state index in [0.29, 0.717) is 16.9 Å². The number of carboxylic acid groups (broad SMARTS) is 1. The van der Waals surface area contributed by atoms with Crippen molar-refractivity contribution in [2.24, 2.45) is 0 Å². The van der Waals surface area contributed by atoms with Crippen molar-refractivity contribution in [1.29, 1.82) is 0 Å². The van der Waals surface area contributed by atoms with Crippen LogP contribution in [0.1, 0.15) is 15.9 Å². The first-order valence-corrected chi connectivity index (χ1v) is 7.20. The van der Waals surface area contributed by atoms with Crippen LogP contribution in [0.25, 0.3) is 5.69 Å². The van der Waals surface area contributed by atoms with Crippen molar-refractivity contribution < 1.29 is 14.7 Å². The van der Waals surface area contributed by atoms with E-state index in [4.69, 9.17) is 0 Å². The second-order valence-corrected chi connectivity index (χ2v) is 5.04. The molecule has 0 fully saturated rings. The lowest BCUT2D eigenvalue weighted by Gasteiger charge is -2.11. The summed E-state index contributed by atoms with van der Waals surface area (Å²) in [5, 5.41) is 16.0. The van der Waals surface area contributed by atoms with E-state index in [1.807, 2.05) is 6.07 Å². The molecule has 0 aliphatic rings. The smallest absolute Gasteiger partial charge is 0.335 e. The fourth-order valence-electron chi connectivity index (χ4n) is 2.36. The Kier molecular flexibility index (Phi) is 4.33. The number of amides is 1. The quantitative estimate of drug-likeness (QED) is 0.750. The highest BCUT2D eigenvalue weighted by Crippen LogP contribution is 2.19. The SMILES string of the molecule is O=C(Cc1ccccc1C(=O)O)Nc1ccccc1-n1cncn1. The number of rotatable bonds is 5. The van der Waals surface area contributed by atoms with Crippen LogP contribution >= 0.6 is 0 Å². The van der Waals surface area contributed by atoms with Gasteiger partial charge in [-0.15, -0.1) is 0 Å². The number of aromatic carboxylic acids is 1. The molecule has 0 spiro atoms. The first-order chi connectivity index (χ1) is 11.6. The third-order valence-corrected chi connectivity index (χ3v) is 3.44. The number of nitrogens with zero attached hydrogens (tertiary/aromatic N) is 3. The molecule has 0 atom stereocenters. The predicted molar refractivity (Wildman–Crippen MR) is 87.1 cm³/mol. The number of para-hydroxylation sites is 2. The Morgan fingerprint density at radius 2 is 1.83 bits per heavy atom. The third kappa shape index (κ3) is 3.30. The van der Waals surface area contributed by atoms with E-state index in [1.54, 1.807) is 41.1 Å². The summed E-state index contributed by atoms with van der Waals surface area (Å²) in [6, 6.07) is 13.6. The zero-order chi connectivity index (χ0) is 16.9. The highest BCUT2D eigenvalue weighted by atomic mass is 16.4. The van der Waals surface area contributed by atoms with Crippen molar-refractivity contribution in [2.75, 3.05) is 5.32 Å². The van der Waals surface area contributed by atoms with Crippen LogP contribution in [-0.2, 0) is 11.2 Å². The first kappa shape index (κ1) is 15.4. The molecule has 3 rings (SSSR count). The summed E-state index contributed by atoms with van der Waals surface area (Å²) in [5.74, 6) is -1.36. The van der Waals surface area contributed by atoms with E-state index in [2.05, 4.69) is 15.4 Å². The van der Waals surface area contributed by atoms with Crippen molar-refractivity contribution >= 4 is 17.6 Å². The Balaban J connectivity index is 1.81. The van der Waals surface area contributed by atoms with E-state index < -0.39 is 5.97 Å². The number of carbonyl (C=O) groups is 2. The fourth-order valence-corrected chi connectivity index (χ4v) is 2.36. The topological polar surface area (TPSA) is 97.1 Å². The van der Waals surface area contributed by atoms with Gasteiger partial charge < -0.3 is 10.4 Å². The van der Waals surface area contributed by atoms with Crippen LogP contribution < -0.4 is 5.32 Å². The third-order valence-electron chi connectivity index (χ3n) is 3.44. The molecule has 120 valence electrons. The lowest BCUT2D eigenvalue weighted by atomic mass is 10.0. The number of nitrogens with one attached hydrogen (secondary N) is 1. The molecule has 2 aromatic carbocycles. The summed E-state index contributed by atoms with van der Waals surface area (Å²) in [7, 11) is 0. The van der Waals surface area contributed by atoms with Gasteiger partial charge >= 0.3 is 5.97 Å². The molecule has 0 bridgehead atoms. The van der Waals surface area contributed by atoms with Crippen LogP contribution in [0.3, 0.4) is 0 Å². The van der Waals surface area contributed by atoms with Gasteiger partial charge in [0.25, 0.3) is 0 Å². The highest BCUT2D eigenvalue weighted by molar-refractivity contribution is 5.97. The highest BCUT2D eigenvalue weighted by Gasteiger charge is 2.14. The normalized spacial score (nSPS) is 10.3. The van der Waals surface area contributed by atoms with E-state index in [1.165, 1.54) is 18.7 Å². The van der Waals surface area contributed by atoms with Crippen LogP contribution in [-0.4, -0.2) is 31.7 Å². The minimum atomic E-state index is -1.05. The molecule has 0 saturated carbocycles. The Bertz CT molecular complexity index is 875. The maximum atomic E-state index is 12.3. The average Bonchev–Trinajstić information content (AvgIpc) is 3.10. The molecule has 0 aliphatic heterocycles. The maximum Gasteiger partial charge on any atom is 0.335 e. The molecule has 7 nitrogen and oxygen atoms in total. The van der Waals surface area contributed by atoms with Crippen molar-refractivity contribution in [2.45, 2.75) is 6.42 Å². The van der Waals surface area contributed by atoms with E-state index in [9.17, 15) is 14.7 Å². The minimum Gasteiger partial charge on any atom is -0.478 e. The van der Waals surface area contributed by atoms with Gasteiger partial charge in [0, 0.05) is 0 Å². The summed E-state index contributed by atoms with van der Waals surface area (Å²) >= 11 is 0. The Morgan fingerprint density at radius 1 is 1.08 bits per heavy atom. The number of benzene rings is 2. The van der Waals surface area contributed by atoms with E-state index in [0.717, 1.165) is 0 Å². The molecule has 2 N–H and O–H groups in total. The number of hydrogen-bond donors (Lipinski definition) is 2. The van der Waals surface area contributed by atoms with E-state index in [-0.39, 0.29) is 17.9 Å². The van der Waals surface area contributed by atoms with E-state index >= 15 is 0 Å². The summed E-state index contributed by atoms with van der Waals surface area (Å²) < 4.78 is 1.54. The zero-order valence-electron chi connectivity index (χ0n) is 12.6. The summed E-state index contributed by atoms with van der Waals surface area (Å²) in [4.78, 5) is 27.4. The molecule has 0 unspecified atom stereocenters. The molecule has 1 heterocycles. The van der Waals surface area contributed by atoms with Gasteiger partial charge in [-0.25, -0.2) is 14.5 Å². The van der Waals surface area contributed by atoms with Crippen LogP contribution in [0.15, 0.2) is 61.2 Å².